The van der Waals surface area contributed by atoms with Crippen molar-refractivity contribution >= 4 is 24.2 Å². The summed E-state index contributed by atoms with van der Waals surface area (Å²) in [4.78, 5) is 26.1. The van der Waals surface area contributed by atoms with Crippen LogP contribution < -0.4 is 11.1 Å². The Labute approximate surface area is 139 Å². The fourth-order valence-electron chi connectivity index (χ4n) is 3.71. The summed E-state index contributed by atoms with van der Waals surface area (Å²) in [6.07, 6.45) is 6.53. The fourth-order valence-corrected chi connectivity index (χ4v) is 3.71. The summed E-state index contributed by atoms with van der Waals surface area (Å²) in [7, 11) is 1.67. The van der Waals surface area contributed by atoms with Crippen molar-refractivity contribution in [3.63, 3.8) is 0 Å². The van der Waals surface area contributed by atoms with Gasteiger partial charge in [-0.2, -0.15) is 0 Å². The quantitative estimate of drug-likeness (QED) is 0.826. The zero-order valence-electron chi connectivity index (χ0n) is 13.8. The highest BCUT2D eigenvalue weighted by atomic mass is 35.5. The van der Waals surface area contributed by atoms with Crippen molar-refractivity contribution in [2.24, 2.45) is 17.6 Å². The molecule has 5 nitrogen and oxygen atoms in total. The molecule has 1 heterocycles. The Morgan fingerprint density at radius 1 is 1.23 bits per heavy atom. The van der Waals surface area contributed by atoms with E-state index in [0.29, 0.717) is 12.3 Å². The zero-order chi connectivity index (χ0) is 15.5. The molecule has 0 bridgehead atoms. The fraction of sp³-hybridized carbons (Fsp3) is 0.875. The maximum atomic E-state index is 12.7. The number of halogens is 1. The van der Waals surface area contributed by atoms with Crippen molar-refractivity contribution < 1.29 is 9.59 Å². The first-order chi connectivity index (χ1) is 9.94. The third-order valence-electron chi connectivity index (χ3n) is 5.23. The molecule has 2 amide bonds. The van der Waals surface area contributed by atoms with Crippen LogP contribution >= 0.6 is 12.4 Å². The molecular formula is C16H30ClN3O2. The van der Waals surface area contributed by atoms with E-state index >= 15 is 0 Å². The van der Waals surface area contributed by atoms with Gasteiger partial charge in [-0.1, -0.05) is 12.8 Å². The van der Waals surface area contributed by atoms with E-state index in [9.17, 15) is 9.59 Å². The lowest BCUT2D eigenvalue weighted by Gasteiger charge is -2.41. The summed E-state index contributed by atoms with van der Waals surface area (Å²) in [5, 5.41) is 2.67. The number of hydrogen-bond acceptors (Lipinski definition) is 3. The van der Waals surface area contributed by atoms with Crippen LogP contribution in [0.1, 0.15) is 51.9 Å². The Kier molecular flexibility index (Phi) is 7.13. The Hall–Kier alpha value is -0.810. The van der Waals surface area contributed by atoms with Crippen molar-refractivity contribution in [3.8, 4) is 0 Å². The van der Waals surface area contributed by atoms with E-state index in [2.05, 4.69) is 5.32 Å². The minimum absolute atomic E-state index is 0. The van der Waals surface area contributed by atoms with Crippen molar-refractivity contribution in [3.05, 3.63) is 0 Å². The van der Waals surface area contributed by atoms with E-state index in [0.717, 1.165) is 51.6 Å². The van der Waals surface area contributed by atoms with Crippen LogP contribution in [-0.4, -0.2) is 42.4 Å². The highest BCUT2D eigenvalue weighted by molar-refractivity contribution is 5.85. The second kappa shape index (κ2) is 8.16. The molecule has 0 aromatic rings. The van der Waals surface area contributed by atoms with Gasteiger partial charge >= 0.3 is 0 Å². The van der Waals surface area contributed by atoms with Crippen LogP contribution in [0.15, 0.2) is 0 Å². The van der Waals surface area contributed by atoms with Gasteiger partial charge in [0.15, 0.2) is 0 Å². The molecule has 3 N–H and O–H groups in total. The Balaban J connectivity index is 0.00000242. The highest BCUT2D eigenvalue weighted by Gasteiger charge is 2.40. The van der Waals surface area contributed by atoms with E-state index < -0.39 is 0 Å². The maximum Gasteiger partial charge on any atom is 0.227 e. The molecule has 2 atom stereocenters. The second-order valence-corrected chi connectivity index (χ2v) is 6.95. The molecule has 2 fully saturated rings. The molecule has 22 heavy (non-hydrogen) atoms. The molecule has 1 saturated heterocycles. The van der Waals surface area contributed by atoms with Crippen LogP contribution in [0.4, 0.5) is 0 Å². The van der Waals surface area contributed by atoms with Gasteiger partial charge in [-0.3, -0.25) is 9.59 Å². The molecule has 1 aliphatic carbocycles. The van der Waals surface area contributed by atoms with Crippen LogP contribution in [0.5, 0.6) is 0 Å². The van der Waals surface area contributed by atoms with Crippen LogP contribution in [0, 0.1) is 11.8 Å². The van der Waals surface area contributed by atoms with E-state index in [4.69, 9.17) is 5.73 Å². The van der Waals surface area contributed by atoms with E-state index in [-0.39, 0.29) is 35.7 Å². The van der Waals surface area contributed by atoms with Gasteiger partial charge in [0.2, 0.25) is 11.8 Å². The molecule has 128 valence electrons. The number of carbonyl (C=O) groups excluding carboxylic acids is 2. The lowest BCUT2D eigenvalue weighted by Crippen LogP contribution is -2.54. The lowest BCUT2D eigenvalue weighted by atomic mass is 9.73. The molecule has 1 saturated carbocycles. The first-order valence-corrected chi connectivity index (χ1v) is 8.22. The molecule has 6 heteroatoms. The average Bonchev–Trinajstić information content (AvgIpc) is 2.47. The smallest absolute Gasteiger partial charge is 0.227 e. The first-order valence-electron chi connectivity index (χ1n) is 8.22. The third kappa shape index (κ3) is 4.59. The van der Waals surface area contributed by atoms with Crippen molar-refractivity contribution in [2.75, 3.05) is 20.1 Å². The van der Waals surface area contributed by atoms with E-state index in [1.54, 1.807) is 7.05 Å². The number of rotatable bonds is 3. The number of likely N-dealkylation sites (tertiary alicyclic amines) is 1. The number of carbonyl (C=O) groups is 2. The molecule has 1 aliphatic heterocycles. The monoisotopic (exact) mass is 331 g/mol. The van der Waals surface area contributed by atoms with Gasteiger partial charge in [-0.15, -0.1) is 12.4 Å². The second-order valence-electron chi connectivity index (χ2n) is 6.95. The number of nitrogens with zero attached hydrogens (tertiary/aromatic N) is 1. The number of amides is 2. The molecule has 2 rings (SSSR count). The summed E-state index contributed by atoms with van der Waals surface area (Å²) >= 11 is 0. The number of piperidine rings is 1. The van der Waals surface area contributed by atoms with Gasteiger partial charge in [-0.25, -0.2) is 0 Å². The molecule has 2 unspecified atom stereocenters. The maximum absolute atomic E-state index is 12.7. The molecule has 0 aromatic heterocycles. The van der Waals surface area contributed by atoms with E-state index in [1.165, 1.54) is 0 Å². The minimum Gasteiger partial charge on any atom is -0.359 e. The summed E-state index contributed by atoms with van der Waals surface area (Å²) < 4.78 is 0. The SMILES string of the molecule is CNC(=O)CC1CCN(C(=O)C2CCCCC2(C)N)CC1.Cl. The van der Waals surface area contributed by atoms with Crippen LogP contribution in [-0.2, 0) is 9.59 Å². The summed E-state index contributed by atoms with van der Waals surface area (Å²) in [6.45, 7) is 3.56. The molecular weight excluding hydrogens is 302 g/mol. The highest BCUT2D eigenvalue weighted by Crippen LogP contribution is 2.34. The van der Waals surface area contributed by atoms with Crippen molar-refractivity contribution in [1.82, 2.24) is 10.2 Å². The summed E-state index contributed by atoms with van der Waals surface area (Å²) in [5.41, 5.74) is 5.99. The number of nitrogens with one attached hydrogen (secondary N) is 1. The minimum atomic E-state index is -0.353. The molecule has 0 spiro atoms. The predicted molar refractivity (Wildman–Crippen MR) is 89.8 cm³/mol. The van der Waals surface area contributed by atoms with Crippen LogP contribution in [0.2, 0.25) is 0 Å². The topological polar surface area (TPSA) is 75.4 Å². The van der Waals surface area contributed by atoms with Gasteiger partial charge < -0.3 is 16.0 Å². The van der Waals surface area contributed by atoms with Gasteiger partial charge in [0.25, 0.3) is 0 Å². The van der Waals surface area contributed by atoms with Gasteiger partial charge in [0.05, 0.1) is 5.92 Å². The summed E-state index contributed by atoms with van der Waals surface area (Å²) in [6, 6.07) is 0. The van der Waals surface area contributed by atoms with E-state index in [1.807, 2.05) is 11.8 Å². The lowest BCUT2D eigenvalue weighted by molar-refractivity contribution is -0.140. The predicted octanol–water partition coefficient (Wildman–Crippen LogP) is 1.69. The molecule has 2 aliphatic rings. The first kappa shape index (κ1) is 19.2. The number of hydrogen-bond donors (Lipinski definition) is 2. The van der Waals surface area contributed by atoms with Gasteiger partial charge in [0.1, 0.15) is 0 Å². The van der Waals surface area contributed by atoms with Crippen LogP contribution in [0.25, 0.3) is 0 Å². The van der Waals surface area contributed by atoms with Gasteiger partial charge in [0, 0.05) is 32.1 Å². The number of nitrogens with two attached hydrogens (primary N) is 1. The third-order valence-corrected chi connectivity index (χ3v) is 5.23. The zero-order valence-corrected chi connectivity index (χ0v) is 14.6. The largest absolute Gasteiger partial charge is 0.359 e. The molecule has 0 aromatic carbocycles. The summed E-state index contributed by atoms with van der Waals surface area (Å²) in [5.74, 6) is 0.714. The standard InChI is InChI=1S/C16H29N3O2.ClH/c1-16(17)8-4-3-5-13(16)15(21)19-9-6-12(7-10-19)11-14(20)18-2;/h12-13H,3-11,17H2,1-2H3,(H,18,20);1H. The Morgan fingerprint density at radius 3 is 2.41 bits per heavy atom. The molecule has 0 radical (unpaired) electrons. The normalized spacial score (nSPS) is 29.6. The van der Waals surface area contributed by atoms with Gasteiger partial charge in [-0.05, 0) is 38.5 Å². The Morgan fingerprint density at radius 2 is 1.86 bits per heavy atom. The van der Waals surface area contributed by atoms with Crippen LogP contribution in [0.3, 0.4) is 0 Å². The van der Waals surface area contributed by atoms with Crippen molar-refractivity contribution in [1.29, 1.82) is 0 Å². The Bertz CT molecular complexity index is 393. The van der Waals surface area contributed by atoms with Crippen molar-refractivity contribution in [2.45, 2.75) is 57.4 Å². The average molecular weight is 332 g/mol.